The predicted octanol–water partition coefficient (Wildman–Crippen LogP) is 16.2. The highest BCUT2D eigenvalue weighted by Crippen LogP contribution is 2.48. The maximum atomic E-state index is 7.04. The van der Waals surface area contributed by atoms with Gasteiger partial charge in [0.2, 0.25) is 0 Å². The van der Waals surface area contributed by atoms with Crippen molar-refractivity contribution in [2.45, 2.75) is 6.17 Å². The number of fused-ring (bicyclic) bond motifs is 14. The molecule has 0 aliphatic carbocycles. The zero-order valence-electron chi connectivity index (χ0n) is 41.0. The van der Waals surface area contributed by atoms with E-state index in [-0.39, 0.29) is 0 Å². The molecule has 12 nitrogen and oxygen atoms in total. The Balaban J connectivity index is 0.834. The third-order valence-corrected chi connectivity index (χ3v) is 15.9. The van der Waals surface area contributed by atoms with Crippen LogP contribution in [0.3, 0.4) is 0 Å². The van der Waals surface area contributed by atoms with E-state index in [0.717, 1.165) is 148 Å². The zero-order valence-corrected chi connectivity index (χ0v) is 41.8. The van der Waals surface area contributed by atoms with Gasteiger partial charge in [0.15, 0.2) is 18.1 Å². The summed E-state index contributed by atoms with van der Waals surface area (Å²) >= 11 is 1.63. The van der Waals surface area contributed by atoms with Crippen LogP contribution in [-0.4, -0.2) is 25.0 Å². The molecular formula is C65H37N9O3S. The zero-order chi connectivity index (χ0) is 51.0. The van der Waals surface area contributed by atoms with E-state index >= 15 is 0 Å². The fourth-order valence-corrected chi connectivity index (χ4v) is 12.2. The highest BCUT2D eigenvalue weighted by Gasteiger charge is 2.25. The molecule has 0 amide bonds. The van der Waals surface area contributed by atoms with Crippen LogP contribution in [0.25, 0.3) is 103 Å². The molecule has 11 aromatic carbocycles. The van der Waals surface area contributed by atoms with E-state index in [9.17, 15) is 0 Å². The molecule has 17 rings (SSSR count). The Morgan fingerprint density at radius 3 is 1.99 bits per heavy atom. The van der Waals surface area contributed by atoms with Crippen LogP contribution < -0.4 is 20.5 Å². The minimum Gasteiger partial charge on any atom is -0.456 e. The van der Waals surface area contributed by atoms with E-state index in [4.69, 9.17) is 38.4 Å². The van der Waals surface area contributed by atoms with Gasteiger partial charge >= 0.3 is 0 Å². The van der Waals surface area contributed by atoms with Crippen molar-refractivity contribution in [3.05, 3.63) is 234 Å². The van der Waals surface area contributed by atoms with Crippen LogP contribution in [0.1, 0.15) is 11.7 Å². The number of nitrogens with zero attached hydrogens (tertiary/aromatic N) is 9. The quantitative estimate of drug-likeness (QED) is 0.146. The molecule has 78 heavy (non-hydrogen) atoms. The Bertz CT molecular complexity index is 5290. The summed E-state index contributed by atoms with van der Waals surface area (Å²) in [5.41, 5.74) is 16.5. The van der Waals surface area contributed by atoms with Crippen LogP contribution in [0.15, 0.2) is 241 Å². The van der Waals surface area contributed by atoms with Crippen molar-refractivity contribution in [3.8, 4) is 5.69 Å². The van der Waals surface area contributed by atoms with Gasteiger partial charge in [-0.15, -0.1) is 21.5 Å². The average Bonchev–Trinajstić information content (AvgIpc) is 4.40. The van der Waals surface area contributed by atoms with Gasteiger partial charge in [-0.2, -0.15) is 4.80 Å². The Labute approximate surface area is 445 Å². The Hall–Kier alpha value is -10.5. The molecule has 0 saturated heterocycles. The Morgan fingerprint density at radius 1 is 0.410 bits per heavy atom. The summed E-state index contributed by atoms with van der Waals surface area (Å²) in [6, 6.07) is 71.1. The minimum atomic E-state index is -0.422. The van der Waals surface area contributed by atoms with Gasteiger partial charge in [0.25, 0.3) is 0 Å². The van der Waals surface area contributed by atoms with Crippen LogP contribution in [0.4, 0.5) is 34.1 Å². The first kappa shape index (κ1) is 42.8. The number of anilines is 6. The molecule has 0 fully saturated rings. The molecule has 13 heteroatoms. The number of benzene rings is 11. The Kier molecular flexibility index (Phi) is 9.06. The first-order valence-electron chi connectivity index (χ1n) is 25.6. The molecule has 6 heterocycles. The monoisotopic (exact) mass is 1020 g/mol. The molecule has 16 aromatic rings. The molecule has 0 N–H and O–H groups in total. The molecule has 1 atom stereocenters. The molecule has 5 aromatic heterocycles. The summed E-state index contributed by atoms with van der Waals surface area (Å²) < 4.78 is 20.4. The number of hydrogen-bond donors (Lipinski definition) is 0. The lowest BCUT2D eigenvalue weighted by Gasteiger charge is -2.27. The van der Waals surface area contributed by atoms with E-state index in [0.29, 0.717) is 5.58 Å². The smallest absolute Gasteiger partial charge is 0.181 e. The van der Waals surface area contributed by atoms with Gasteiger partial charge in [-0.05, 0) is 120 Å². The van der Waals surface area contributed by atoms with Crippen molar-refractivity contribution in [2.75, 3.05) is 9.80 Å². The largest absolute Gasteiger partial charge is 0.456 e. The lowest BCUT2D eigenvalue weighted by Crippen LogP contribution is -2.23. The standard InChI is InChI=1S/C65H37N9O3S/c1-2-9-38(10-3-1)74-70-50-25-19-40(31-53(50)71-74)72(41-21-28-62-54(32-41)67-36-78-62)55-15-8-14-48-44(55)23-27-58-63(48)64-47-13-5-4-11-43(47)56(34-61(64)77-58)73(42-20-26-51-60(33-42)75-35-66-51)39-18-24-49-52(30-39)69-65(68-49)37-17-22-46-45-12-6-7-16-57(45)76-59(46)29-37/h1-36,65H. The number of hydrogen-bond acceptors (Lipinski definition) is 12. The summed E-state index contributed by atoms with van der Waals surface area (Å²) in [4.78, 5) is 25.8. The van der Waals surface area contributed by atoms with Crippen molar-refractivity contribution in [3.63, 3.8) is 0 Å². The summed E-state index contributed by atoms with van der Waals surface area (Å²) in [7, 11) is 0. The first-order valence-corrected chi connectivity index (χ1v) is 26.4. The fourth-order valence-electron chi connectivity index (χ4n) is 11.6. The summed E-state index contributed by atoms with van der Waals surface area (Å²) in [5.74, 6) is 0. The summed E-state index contributed by atoms with van der Waals surface area (Å²) in [6.07, 6.45) is 1.06. The van der Waals surface area contributed by atoms with E-state index in [2.05, 4.69) is 154 Å². The van der Waals surface area contributed by atoms with Crippen molar-refractivity contribution in [1.29, 1.82) is 0 Å². The molecule has 1 aliphatic rings. The lowest BCUT2D eigenvalue weighted by atomic mass is 9.97. The maximum Gasteiger partial charge on any atom is 0.181 e. The normalized spacial score (nSPS) is 13.5. The number of para-hydroxylation sites is 2. The van der Waals surface area contributed by atoms with Gasteiger partial charge in [-0.1, -0.05) is 84.9 Å². The average molecular weight is 1020 g/mol. The van der Waals surface area contributed by atoms with Gasteiger partial charge in [-0.3, -0.25) is 9.98 Å². The van der Waals surface area contributed by atoms with E-state index in [1.165, 1.54) is 6.39 Å². The second kappa shape index (κ2) is 16.5. The topological polar surface area (TPSA) is 127 Å². The Morgan fingerprint density at radius 2 is 1.08 bits per heavy atom. The highest BCUT2D eigenvalue weighted by atomic mass is 32.1. The van der Waals surface area contributed by atoms with Crippen LogP contribution in [0.5, 0.6) is 0 Å². The number of thiazole rings is 1. The molecule has 366 valence electrons. The third-order valence-electron chi connectivity index (χ3n) is 15.1. The van der Waals surface area contributed by atoms with Crippen LogP contribution >= 0.6 is 11.3 Å². The minimum absolute atomic E-state index is 0.422. The van der Waals surface area contributed by atoms with E-state index < -0.39 is 6.17 Å². The SMILES string of the molecule is c1ccc(-n2nc3ccc(N(c4ccc5scnc5c4)c4cccc5c4ccc4oc6cc(N(c7ccc8c(c7)=NC(c7ccc9c(c7)oc7ccccc79)N=8)c7ccc8ncoc8c7)c7ccccc7c6c45)cc3n2)cc1. The van der Waals surface area contributed by atoms with Gasteiger partial charge in [0.1, 0.15) is 38.9 Å². The molecule has 1 unspecified atom stereocenters. The number of oxazole rings is 1. The van der Waals surface area contributed by atoms with Crippen molar-refractivity contribution >= 4 is 143 Å². The molecule has 1 aliphatic heterocycles. The summed E-state index contributed by atoms with van der Waals surface area (Å²) in [5, 5.41) is 19.8. The van der Waals surface area contributed by atoms with Crippen molar-refractivity contribution < 1.29 is 13.3 Å². The number of furan rings is 2. The molecule has 0 bridgehead atoms. The van der Waals surface area contributed by atoms with E-state index in [1.807, 2.05) is 72.2 Å². The van der Waals surface area contributed by atoms with Crippen molar-refractivity contribution in [2.24, 2.45) is 9.98 Å². The number of rotatable bonds is 8. The lowest BCUT2D eigenvalue weighted by molar-refractivity contribution is 0.602. The maximum absolute atomic E-state index is 7.04. The van der Waals surface area contributed by atoms with E-state index in [1.54, 1.807) is 16.1 Å². The number of aromatic nitrogens is 5. The molecule has 0 saturated carbocycles. The highest BCUT2D eigenvalue weighted by molar-refractivity contribution is 7.16. The van der Waals surface area contributed by atoms with Crippen LogP contribution in [-0.2, 0) is 0 Å². The second-order valence-electron chi connectivity index (χ2n) is 19.6. The molecule has 0 spiro atoms. The second-order valence-corrected chi connectivity index (χ2v) is 20.5. The van der Waals surface area contributed by atoms with Crippen molar-refractivity contribution in [1.82, 2.24) is 25.0 Å². The van der Waals surface area contributed by atoms with Gasteiger partial charge < -0.3 is 23.1 Å². The predicted molar refractivity (Wildman–Crippen MR) is 310 cm³/mol. The first-order chi connectivity index (χ1) is 38.6. The fraction of sp³-hybridized carbons (Fsp3) is 0.0154. The third kappa shape index (κ3) is 6.58. The molecular weight excluding hydrogens is 987 g/mol. The van der Waals surface area contributed by atoms with Crippen LogP contribution in [0.2, 0.25) is 0 Å². The van der Waals surface area contributed by atoms with Crippen LogP contribution in [0, 0.1) is 0 Å². The summed E-state index contributed by atoms with van der Waals surface area (Å²) in [6.45, 7) is 0. The van der Waals surface area contributed by atoms with Gasteiger partial charge in [0, 0.05) is 67.1 Å². The van der Waals surface area contributed by atoms with Gasteiger partial charge in [0.05, 0.1) is 49.2 Å². The van der Waals surface area contributed by atoms with Gasteiger partial charge in [-0.25, -0.2) is 9.97 Å². The molecule has 0 radical (unpaired) electrons.